The number of nitrogens with zero attached hydrogens (tertiary/aromatic N) is 5. The highest BCUT2D eigenvalue weighted by molar-refractivity contribution is 5.56. The minimum Gasteiger partial charge on any atom is -0.393 e. The summed E-state index contributed by atoms with van der Waals surface area (Å²) in [5, 5.41) is 27.6. The van der Waals surface area contributed by atoms with E-state index < -0.39 is 5.60 Å². The maximum absolute atomic E-state index is 12.6. The lowest BCUT2D eigenvalue weighted by Crippen LogP contribution is -2.63. The zero-order valence-corrected chi connectivity index (χ0v) is 23.1. The van der Waals surface area contributed by atoms with Crippen LogP contribution in [0.2, 0.25) is 0 Å². The van der Waals surface area contributed by atoms with Crippen molar-refractivity contribution in [3.63, 3.8) is 0 Å². The molecule has 0 amide bonds. The van der Waals surface area contributed by atoms with Crippen molar-refractivity contribution >= 4 is 0 Å². The minimum atomic E-state index is -1.20. The van der Waals surface area contributed by atoms with Gasteiger partial charge >= 0.3 is 0 Å². The third-order valence-corrected chi connectivity index (χ3v) is 9.13. The Hall–Kier alpha value is -2.61. The summed E-state index contributed by atoms with van der Waals surface area (Å²) in [5.41, 5.74) is 2.24. The van der Waals surface area contributed by atoms with Gasteiger partial charge in [0.05, 0.1) is 12.1 Å². The standard InChI is InChI=1S/C31H41N5O2/c1-20(2)21-5-9-24(10-6-21)31(38,30(3)18-35(4)19-30)25-15-23(16-32-17-25)28-33-29(36(34-28)26-11-12-26)22-7-13-27(37)14-8-22/h5-6,9-10,15-17,20,22,26-27,37-38H,7-8,11-14,18-19H2,1-4H3/t22-,27-,31-/m0/s1. The molecule has 2 aliphatic carbocycles. The summed E-state index contributed by atoms with van der Waals surface area (Å²) in [6.07, 6.45) is 9.26. The molecule has 1 aliphatic heterocycles. The number of rotatable bonds is 7. The molecule has 3 aromatic rings. The lowest BCUT2D eigenvalue weighted by atomic mass is 9.62. The first-order chi connectivity index (χ1) is 18.2. The molecule has 0 bridgehead atoms. The highest BCUT2D eigenvalue weighted by Crippen LogP contribution is 2.50. The second-order valence-corrected chi connectivity index (χ2v) is 12.7. The van der Waals surface area contributed by atoms with E-state index in [1.54, 1.807) is 0 Å². The van der Waals surface area contributed by atoms with Crippen molar-refractivity contribution in [3.8, 4) is 11.4 Å². The number of aromatic nitrogens is 4. The molecular formula is C31H41N5O2. The average molecular weight is 516 g/mol. The highest BCUT2D eigenvalue weighted by Gasteiger charge is 2.55. The molecule has 1 saturated heterocycles. The van der Waals surface area contributed by atoms with Crippen molar-refractivity contribution < 1.29 is 10.2 Å². The van der Waals surface area contributed by atoms with E-state index in [1.807, 2.05) is 18.5 Å². The minimum absolute atomic E-state index is 0.192. The average Bonchev–Trinajstić information content (AvgIpc) is 3.66. The summed E-state index contributed by atoms with van der Waals surface area (Å²) in [4.78, 5) is 11.9. The van der Waals surface area contributed by atoms with Gasteiger partial charge in [0.2, 0.25) is 0 Å². The molecule has 1 atom stereocenters. The lowest BCUT2D eigenvalue weighted by molar-refractivity contribution is -0.127. The van der Waals surface area contributed by atoms with Gasteiger partial charge in [0.25, 0.3) is 0 Å². The van der Waals surface area contributed by atoms with Crippen LogP contribution in [0.1, 0.15) is 99.7 Å². The molecule has 0 unspecified atom stereocenters. The normalized spacial score (nSPS) is 25.2. The predicted octanol–water partition coefficient (Wildman–Crippen LogP) is 5.00. The number of hydrogen-bond donors (Lipinski definition) is 2. The maximum Gasteiger partial charge on any atom is 0.182 e. The number of aliphatic hydroxyl groups is 2. The molecule has 3 aliphatic rings. The molecule has 3 heterocycles. The topological polar surface area (TPSA) is 87.3 Å². The van der Waals surface area contributed by atoms with Crippen LogP contribution >= 0.6 is 0 Å². The van der Waals surface area contributed by atoms with Crippen molar-refractivity contribution in [2.24, 2.45) is 5.41 Å². The van der Waals surface area contributed by atoms with Crippen LogP contribution in [-0.4, -0.2) is 61.1 Å². The van der Waals surface area contributed by atoms with Crippen LogP contribution in [0.4, 0.5) is 0 Å². The molecule has 0 radical (unpaired) electrons. The van der Waals surface area contributed by atoms with Gasteiger partial charge in [0.1, 0.15) is 11.4 Å². The van der Waals surface area contributed by atoms with Gasteiger partial charge in [-0.2, -0.15) is 5.10 Å². The number of benzene rings is 1. The predicted molar refractivity (Wildman–Crippen MR) is 148 cm³/mol. The summed E-state index contributed by atoms with van der Waals surface area (Å²) in [6.45, 7) is 8.14. The quantitative estimate of drug-likeness (QED) is 0.460. The van der Waals surface area contributed by atoms with Gasteiger partial charge in [-0.25, -0.2) is 9.67 Å². The van der Waals surface area contributed by atoms with Crippen LogP contribution in [0, 0.1) is 5.41 Å². The summed E-state index contributed by atoms with van der Waals surface area (Å²) < 4.78 is 2.14. The first-order valence-corrected chi connectivity index (χ1v) is 14.3. The Labute approximate surface area is 225 Å². The Bertz CT molecular complexity index is 1280. The molecular weight excluding hydrogens is 474 g/mol. The molecule has 0 spiro atoms. The van der Waals surface area contributed by atoms with E-state index in [2.05, 4.69) is 66.7 Å². The van der Waals surface area contributed by atoms with Gasteiger partial charge in [0.15, 0.2) is 5.82 Å². The number of hydrogen-bond acceptors (Lipinski definition) is 6. The summed E-state index contributed by atoms with van der Waals surface area (Å²) >= 11 is 0. The van der Waals surface area contributed by atoms with Crippen LogP contribution in [0.3, 0.4) is 0 Å². The molecule has 3 fully saturated rings. The Morgan fingerprint density at radius 3 is 2.26 bits per heavy atom. The molecule has 2 N–H and O–H groups in total. The van der Waals surface area contributed by atoms with Crippen molar-refractivity contribution in [2.75, 3.05) is 20.1 Å². The van der Waals surface area contributed by atoms with Crippen molar-refractivity contribution in [3.05, 3.63) is 65.2 Å². The zero-order chi connectivity index (χ0) is 26.7. The highest BCUT2D eigenvalue weighted by atomic mass is 16.3. The molecule has 202 valence electrons. The van der Waals surface area contributed by atoms with E-state index in [0.29, 0.717) is 23.7 Å². The van der Waals surface area contributed by atoms with E-state index in [0.717, 1.165) is 74.1 Å². The molecule has 38 heavy (non-hydrogen) atoms. The molecule has 6 rings (SSSR count). The first-order valence-electron chi connectivity index (χ1n) is 14.3. The number of likely N-dealkylation sites (tertiary alicyclic amines) is 1. The second-order valence-electron chi connectivity index (χ2n) is 12.7. The smallest absolute Gasteiger partial charge is 0.182 e. The fourth-order valence-corrected chi connectivity index (χ4v) is 6.76. The van der Waals surface area contributed by atoms with Gasteiger partial charge in [-0.1, -0.05) is 45.0 Å². The number of aliphatic hydroxyl groups excluding tert-OH is 1. The van der Waals surface area contributed by atoms with Crippen LogP contribution in [0.5, 0.6) is 0 Å². The molecule has 1 aromatic carbocycles. The van der Waals surface area contributed by atoms with Crippen LogP contribution in [0.25, 0.3) is 11.4 Å². The number of pyridine rings is 1. The van der Waals surface area contributed by atoms with Crippen molar-refractivity contribution in [1.29, 1.82) is 0 Å². The van der Waals surface area contributed by atoms with Crippen LogP contribution in [0.15, 0.2) is 42.7 Å². The van der Waals surface area contributed by atoms with Gasteiger partial charge in [0, 0.05) is 47.9 Å². The molecule has 7 nitrogen and oxygen atoms in total. The van der Waals surface area contributed by atoms with Gasteiger partial charge in [-0.15, -0.1) is 0 Å². The van der Waals surface area contributed by atoms with Gasteiger partial charge < -0.3 is 15.1 Å². The maximum atomic E-state index is 12.6. The Balaban J connectivity index is 1.40. The van der Waals surface area contributed by atoms with Gasteiger partial charge in [-0.3, -0.25) is 4.98 Å². The van der Waals surface area contributed by atoms with E-state index in [9.17, 15) is 10.2 Å². The fraction of sp³-hybridized carbons (Fsp3) is 0.581. The molecule has 7 heteroatoms. The largest absolute Gasteiger partial charge is 0.393 e. The Kier molecular flexibility index (Phi) is 6.44. The van der Waals surface area contributed by atoms with E-state index in [1.165, 1.54) is 5.56 Å². The second kappa shape index (κ2) is 9.54. The SMILES string of the molecule is CC(C)c1ccc([C@](O)(c2cncc(-c3nc([C@H]4CC[C@H](O)CC4)n(C4CC4)n3)c2)C2(C)CN(C)C2)cc1. The summed E-state index contributed by atoms with van der Waals surface area (Å²) in [7, 11) is 2.10. The monoisotopic (exact) mass is 515 g/mol. The van der Waals surface area contributed by atoms with E-state index >= 15 is 0 Å². The summed E-state index contributed by atoms with van der Waals surface area (Å²) in [5.74, 6) is 2.49. The Morgan fingerprint density at radius 2 is 1.66 bits per heavy atom. The van der Waals surface area contributed by atoms with E-state index in [4.69, 9.17) is 10.1 Å². The summed E-state index contributed by atoms with van der Waals surface area (Å²) in [6, 6.07) is 10.9. The Morgan fingerprint density at radius 1 is 0.974 bits per heavy atom. The fourth-order valence-electron chi connectivity index (χ4n) is 6.76. The van der Waals surface area contributed by atoms with Crippen molar-refractivity contribution in [1.82, 2.24) is 24.6 Å². The lowest BCUT2D eigenvalue weighted by Gasteiger charge is -2.55. The molecule has 2 saturated carbocycles. The third kappa shape index (κ3) is 4.38. The zero-order valence-electron chi connectivity index (χ0n) is 23.1. The van der Waals surface area contributed by atoms with Crippen molar-refractivity contribution in [2.45, 2.75) is 88.9 Å². The third-order valence-electron chi connectivity index (χ3n) is 9.13. The first kappa shape index (κ1) is 25.7. The molecule has 2 aromatic heterocycles. The van der Waals surface area contributed by atoms with E-state index in [-0.39, 0.29) is 11.5 Å². The van der Waals surface area contributed by atoms with Gasteiger partial charge in [-0.05, 0) is 68.7 Å². The van der Waals surface area contributed by atoms with Crippen LogP contribution < -0.4 is 0 Å². The van der Waals surface area contributed by atoms with Crippen LogP contribution in [-0.2, 0) is 5.60 Å².